The van der Waals surface area contributed by atoms with Crippen LogP contribution in [0.1, 0.15) is 29.3 Å². The Morgan fingerprint density at radius 3 is 2.50 bits per heavy atom. The molecular weight excluding hydrogens is 426 g/mol. The molecule has 1 aliphatic heterocycles. The summed E-state index contributed by atoms with van der Waals surface area (Å²) < 4.78 is 7.95. The zero-order chi connectivity index (χ0) is 23.7. The molecule has 2 heterocycles. The van der Waals surface area contributed by atoms with Crippen molar-refractivity contribution < 1.29 is 14.6 Å². The smallest absolute Gasteiger partial charge is 0.227 e. The second-order valence-electron chi connectivity index (χ2n) is 9.10. The van der Waals surface area contributed by atoms with Crippen molar-refractivity contribution in [2.24, 2.45) is 0 Å². The van der Waals surface area contributed by atoms with Crippen LogP contribution in [0.25, 0.3) is 11.0 Å². The molecular formula is C28H29N3O3. The van der Waals surface area contributed by atoms with Crippen LogP contribution in [0.5, 0.6) is 5.75 Å². The van der Waals surface area contributed by atoms with E-state index >= 15 is 0 Å². The number of carbonyl (C=O) groups excluding carboxylic acids is 1. The van der Waals surface area contributed by atoms with Gasteiger partial charge in [-0.3, -0.25) is 4.79 Å². The molecule has 1 aliphatic rings. The minimum atomic E-state index is -0.723. The van der Waals surface area contributed by atoms with Crippen molar-refractivity contribution in [3.8, 4) is 5.75 Å². The van der Waals surface area contributed by atoms with Gasteiger partial charge < -0.3 is 19.3 Å². The largest absolute Gasteiger partial charge is 0.491 e. The average molecular weight is 456 g/mol. The van der Waals surface area contributed by atoms with Crippen LogP contribution in [0.4, 0.5) is 5.69 Å². The zero-order valence-corrected chi connectivity index (χ0v) is 19.5. The maximum atomic E-state index is 12.8. The van der Waals surface area contributed by atoms with Crippen molar-refractivity contribution in [1.82, 2.24) is 9.55 Å². The Hall–Kier alpha value is -3.64. The number of aryl methyl sites for hydroxylation is 2. The van der Waals surface area contributed by atoms with E-state index in [1.807, 2.05) is 85.5 Å². The van der Waals surface area contributed by atoms with Crippen LogP contribution in [0.2, 0.25) is 0 Å². The van der Waals surface area contributed by atoms with Crippen LogP contribution < -0.4 is 9.64 Å². The Labute approximate surface area is 199 Å². The van der Waals surface area contributed by atoms with E-state index in [2.05, 4.69) is 10.6 Å². The van der Waals surface area contributed by atoms with E-state index < -0.39 is 6.10 Å². The van der Waals surface area contributed by atoms with Gasteiger partial charge in [-0.2, -0.15) is 0 Å². The van der Waals surface area contributed by atoms with Gasteiger partial charge in [-0.1, -0.05) is 36.4 Å². The number of amides is 1. The van der Waals surface area contributed by atoms with E-state index in [0.717, 1.165) is 39.4 Å². The van der Waals surface area contributed by atoms with E-state index in [4.69, 9.17) is 9.72 Å². The van der Waals surface area contributed by atoms with Gasteiger partial charge in [-0.05, 0) is 61.4 Å². The predicted molar refractivity (Wildman–Crippen MR) is 133 cm³/mol. The number of carbonyl (C=O) groups is 1. The number of aliphatic hydroxyl groups is 1. The highest BCUT2D eigenvalue weighted by molar-refractivity contribution is 5.96. The number of rotatable bonds is 7. The molecule has 0 spiro atoms. The van der Waals surface area contributed by atoms with E-state index in [-0.39, 0.29) is 18.4 Å². The van der Waals surface area contributed by atoms with Crippen molar-refractivity contribution in [1.29, 1.82) is 0 Å². The molecule has 1 N–H and O–H groups in total. The Morgan fingerprint density at radius 1 is 1.03 bits per heavy atom. The fraction of sp³-hybridized carbons (Fsp3) is 0.286. The van der Waals surface area contributed by atoms with E-state index in [1.165, 1.54) is 0 Å². The third-order valence-electron chi connectivity index (χ3n) is 6.27. The first-order valence-corrected chi connectivity index (χ1v) is 11.7. The third-order valence-corrected chi connectivity index (χ3v) is 6.27. The first-order valence-electron chi connectivity index (χ1n) is 11.7. The van der Waals surface area contributed by atoms with Crippen LogP contribution in [0.15, 0.2) is 72.8 Å². The first kappa shape index (κ1) is 22.2. The lowest BCUT2D eigenvalue weighted by Crippen LogP contribution is -2.26. The summed E-state index contributed by atoms with van der Waals surface area (Å²) in [6.07, 6.45) is -0.326. The summed E-state index contributed by atoms with van der Waals surface area (Å²) in [6, 6.07) is 23.7. The van der Waals surface area contributed by atoms with Gasteiger partial charge in [0.2, 0.25) is 5.91 Å². The summed E-state index contributed by atoms with van der Waals surface area (Å²) in [7, 11) is 0. The molecule has 3 aromatic carbocycles. The highest BCUT2D eigenvalue weighted by Crippen LogP contribution is 2.33. The molecule has 0 radical (unpaired) electrons. The molecule has 6 nitrogen and oxygen atoms in total. The zero-order valence-electron chi connectivity index (χ0n) is 19.5. The molecule has 0 bridgehead atoms. The molecule has 1 aromatic heterocycles. The Morgan fingerprint density at radius 2 is 1.74 bits per heavy atom. The van der Waals surface area contributed by atoms with Gasteiger partial charge in [-0.25, -0.2) is 4.98 Å². The van der Waals surface area contributed by atoms with E-state index in [9.17, 15) is 9.90 Å². The second-order valence-corrected chi connectivity index (χ2v) is 9.10. The Bertz CT molecular complexity index is 1290. The fourth-order valence-corrected chi connectivity index (χ4v) is 4.81. The molecule has 5 rings (SSSR count). The van der Waals surface area contributed by atoms with E-state index in [1.54, 1.807) is 0 Å². The number of anilines is 1. The van der Waals surface area contributed by atoms with Crippen LogP contribution in [-0.2, 0) is 11.3 Å². The van der Waals surface area contributed by atoms with Crippen LogP contribution in [-0.4, -0.2) is 39.8 Å². The summed E-state index contributed by atoms with van der Waals surface area (Å²) in [5.74, 6) is 1.63. The monoisotopic (exact) mass is 455 g/mol. The van der Waals surface area contributed by atoms with Gasteiger partial charge in [0.1, 0.15) is 24.3 Å². The van der Waals surface area contributed by atoms with Gasteiger partial charge >= 0.3 is 0 Å². The van der Waals surface area contributed by atoms with Crippen molar-refractivity contribution in [2.75, 3.05) is 18.1 Å². The van der Waals surface area contributed by atoms with Crippen molar-refractivity contribution in [2.45, 2.75) is 38.8 Å². The van der Waals surface area contributed by atoms with Crippen molar-refractivity contribution in [3.63, 3.8) is 0 Å². The van der Waals surface area contributed by atoms with Gasteiger partial charge in [0.05, 0.1) is 17.6 Å². The molecule has 1 amide bonds. The Balaban J connectivity index is 1.37. The fourth-order valence-electron chi connectivity index (χ4n) is 4.81. The quantitative estimate of drug-likeness (QED) is 0.442. The lowest BCUT2D eigenvalue weighted by Gasteiger charge is -2.19. The van der Waals surface area contributed by atoms with Crippen molar-refractivity contribution >= 4 is 22.6 Å². The number of nitrogens with zero attached hydrogens (tertiary/aromatic N) is 3. The third kappa shape index (κ3) is 4.54. The molecule has 0 aliphatic carbocycles. The maximum absolute atomic E-state index is 12.8. The molecule has 34 heavy (non-hydrogen) atoms. The summed E-state index contributed by atoms with van der Waals surface area (Å²) in [4.78, 5) is 19.6. The standard InChI is InChI=1S/C28H29N3O3/c1-19-12-20(2)14-24(13-19)34-18-23(32)17-31-26-11-7-6-10-25(26)29-28(31)21-15-27(33)30(16-21)22-8-4-3-5-9-22/h3-14,21,23,32H,15-18H2,1-2H3/t21-,23-/m0/s1. The summed E-state index contributed by atoms with van der Waals surface area (Å²) in [5, 5.41) is 10.9. The number of benzene rings is 3. The average Bonchev–Trinajstić information content (AvgIpc) is 3.38. The molecule has 2 atom stereocenters. The van der Waals surface area contributed by atoms with Gasteiger partial charge in [-0.15, -0.1) is 0 Å². The number of para-hydroxylation sites is 3. The number of aromatic nitrogens is 2. The number of hydrogen-bond acceptors (Lipinski definition) is 4. The van der Waals surface area contributed by atoms with Crippen LogP contribution in [0.3, 0.4) is 0 Å². The lowest BCUT2D eigenvalue weighted by atomic mass is 10.1. The highest BCUT2D eigenvalue weighted by Gasteiger charge is 2.35. The molecule has 6 heteroatoms. The van der Waals surface area contributed by atoms with Gasteiger partial charge in [0, 0.05) is 24.6 Å². The van der Waals surface area contributed by atoms with Crippen LogP contribution >= 0.6 is 0 Å². The molecule has 0 unspecified atom stereocenters. The first-order chi connectivity index (χ1) is 16.5. The number of fused-ring (bicyclic) bond motifs is 1. The summed E-state index contributed by atoms with van der Waals surface area (Å²) in [6.45, 7) is 5.15. The number of aliphatic hydroxyl groups excluding tert-OH is 1. The molecule has 0 saturated carbocycles. The second kappa shape index (κ2) is 9.31. The maximum Gasteiger partial charge on any atom is 0.227 e. The molecule has 1 saturated heterocycles. The topological polar surface area (TPSA) is 67.6 Å². The van der Waals surface area contributed by atoms with E-state index in [0.29, 0.717) is 19.5 Å². The van der Waals surface area contributed by atoms with Crippen molar-refractivity contribution in [3.05, 3.63) is 89.7 Å². The molecule has 1 fully saturated rings. The Kier molecular flexibility index (Phi) is 6.07. The highest BCUT2D eigenvalue weighted by atomic mass is 16.5. The van der Waals surface area contributed by atoms with Gasteiger partial charge in [0.15, 0.2) is 0 Å². The minimum absolute atomic E-state index is 0.0485. The summed E-state index contributed by atoms with van der Waals surface area (Å²) >= 11 is 0. The lowest BCUT2D eigenvalue weighted by molar-refractivity contribution is -0.117. The molecule has 174 valence electrons. The number of imidazole rings is 1. The predicted octanol–water partition coefficient (Wildman–Crippen LogP) is 4.61. The minimum Gasteiger partial charge on any atom is -0.491 e. The van der Waals surface area contributed by atoms with Crippen LogP contribution in [0, 0.1) is 13.8 Å². The normalized spacial score (nSPS) is 16.9. The number of hydrogen-bond donors (Lipinski definition) is 1. The molecule has 4 aromatic rings. The SMILES string of the molecule is Cc1cc(C)cc(OC[C@@H](O)Cn2c([C@H]3CC(=O)N(c4ccccc4)C3)nc3ccccc32)c1. The summed E-state index contributed by atoms with van der Waals surface area (Å²) in [5.41, 5.74) is 4.97. The number of ether oxygens (including phenoxy) is 1. The van der Waals surface area contributed by atoms with Gasteiger partial charge in [0.25, 0.3) is 0 Å².